The molecular weight excluding hydrogens is 316 g/mol. The molecule has 3 N–H and O–H groups in total. The maximum Gasteiger partial charge on any atom is 0.414 e. The van der Waals surface area contributed by atoms with Crippen molar-refractivity contribution in [2.75, 3.05) is 13.2 Å². The number of carbonyl (C=O) groups is 3. The molecule has 24 heavy (non-hydrogen) atoms. The number of nitrogens with zero attached hydrogens (tertiary/aromatic N) is 1. The lowest BCUT2D eigenvalue weighted by atomic mass is 10.1. The van der Waals surface area contributed by atoms with Crippen LogP contribution in [0.4, 0.5) is 0 Å². The summed E-state index contributed by atoms with van der Waals surface area (Å²) in [6, 6.07) is 0.341. The van der Waals surface area contributed by atoms with Crippen molar-refractivity contribution in [2.45, 2.75) is 71.7 Å². The van der Waals surface area contributed by atoms with Crippen LogP contribution in [0.2, 0.25) is 0 Å². The van der Waals surface area contributed by atoms with Crippen molar-refractivity contribution in [3.63, 3.8) is 0 Å². The van der Waals surface area contributed by atoms with E-state index in [0.29, 0.717) is 0 Å². The third kappa shape index (κ3) is 8.26. The number of carboxylic acid groups (broad SMARTS) is 2. The first kappa shape index (κ1) is 22.3. The molecule has 0 bridgehead atoms. The Balaban J connectivity index is 0.000000754. The minimum absolute atomic E-state index is 0.140. The van der Waals surface area contributed by atoms with Gasteiger partial charge in [-0.05, 0) is 47.5 Å². The molecule has 8 nitrogen and oxygen atoms in total. The third-order valence-electron chi connectivity index (χ3n) is 3.60. The molecule has 1 amide bonds. The van der Waals surface area contributed by atoms with Crippen LogP contribution < -0.4 is 5.32 Å². The lowest BCUT2D eigenvalue weighted by Crippen LogP contribution is -2.51. The highest BCUT2D eigenvalue weighted by atomic mass is 16.5. The van der Waals surface area contributed by atoms with E-state index in [1.807, 2.05) is 11.8 Å². The SMILES string of the molecule is CC(NCC1CCCO1)C(=O)N(C(C)C)C(C)C.O=C(O)C(=O)O. The number of amides is 1. The van der Waals surface area contributed by atoms with E-state index in [4.69, 9.17) is 24.5 Å². The van der Waals surface area contributed by atoms with Gasteiger partial charge in [-0.2, -0.15) is 0 Å². The second-order valence-corrected chi connectivity index (χ2v) is 6.31. The number of ether oxygens (including phenoxy) is 1. The van der Waals surface area contributed by atoms with Crippen molar-refractivity contribution in [1.29, 1.82) is 0 Å². The predicted molar refractivity (Wildman–Crippen MR) is 88.8 cm³/mol. The van der Waals surface area contributed by atoms with Crippen LogP contribution in [0.1, 0.15) is 47.5 Å². The first-order chi connectivity index (χ1) is 11.1. The van der Waals surface area contributed by atoms with Crippen LogP contribution in [0.15, 0.2) is 0 Å². The molecule has 0 radical (unpaired) electrons. The summed E-state index contributed by atoms with van der Waals surface area (Å²) in [5.74, 6) is -3.47. The van der Waals surface area contributed by atoms with Gasteiger partial charge in [0.1, 0.15) is 0 Å². The Morgan fingerprint density at radius 3 is 1.92 bits per heavy atom. The molecule has 1 aliphatic rings. The van der Waals surface area contributed by atoms with E-state index in [0.717, 1.165) is 26.0 Å². The Labute approximate surface area is 143 Å². The molecule has 2 unspecified atom stereocenters. The molecular formula is C16H30N2O6. The first-order valence-corrected chi connectivity index (χ1v) is 8.21. The molecule has 1 saturated heterocycles. The largest absolute Gasteiger partial charge is 0.473 e. The monoisotopic (exact) mass is 346 g/mol. The summed E-state index contributed by atoms with van der Waals surface area (Å²) in [5.41, 5.74) is 0. The van der Waals surface area contributed by atoms with Crippen molar-refractivity contribution in [3.8, 4) is 0 Å². The van der Waals surface area contributed by atoms with E-state index in [-0.39, 0.29) is 30.1 Å². The molecule has 0 aliphatic carbocycles. The molecule has 8 heteroatoms. The number of carboxylic acids is 2. The van der Waals surface area contributed by atoms with E-state index in [1.165, 1.54) is 0 Å². The van der Waals surface area contributed by atoms with Gasteiger partial charge in [-0.1, -0.05) is 0 Å². The Morgan fingerprint density at radius 2 is 1.58 bits per heavy atom. The average molecular weight is 346 g/mol. The van der Waals surface area contributed by atoms with Crippen molar-refractivity contribution in [3.05, 3.63) is 0 Å². The van der Waals surface area contributed by atoms with E-state index < -0.39 is 11.9 Å². The lowest BCUT2D eigenvalue weighted by molar-refractivity contribution is -0.159. The average Bonchev–Trinajstić information content (AvgIpc) is 2.97. The van der Waals surface area contributed by atoms with Crippen molar-refractivity contribution in [2.24, 2.45) is 0 Å². The van der Waals surface area contributed by atoms with Gasteiger partial charge in [0.15, 0.2) is 0 Å². The molecule has 0 aromatic rings. The van der Waals surface area contributed by atoms with E-state index in [1.54, 1.807) is 0 Å². The number of hydrogen-bond acceptors (Lipinski definition) is 5. The summed E-state index contributed by atoms with van der Waals surface area (Å²) in [6.07, 6.45) is 2.52. The molecule has 0 spiro atoms. The summed E-state index contributed by atoms with van der Waals surface area (Å²) in [4.78, 5) is 32.5. The maximum atomic E-state index is 12.4. The summed E-state index contributed by atoms with van der Waals surface area (Å²) < 4.78 is 5.55. The van der Waals surface area contributed by atoms with Crippen LogP contribution in [0.3, 0.4) is 0 Å². The zero-order valence-electron chi connectivity index (χ0n) is 15.1. The van der Waals surface area contributed by atoms with E-state index in [2.05, 4.69) is 33.0 Å². The topological polar surface area (TPSA) is 116 Å². The minimum Gasteiger partial charge on any atom is -0.473 e. The fourth-order valence-corrected chi connectivity index (χ4v) is 2.53. The van der Waals surface area contributed by atoms with Gasteiger partial charge >= 0.3 is 11.9 Å². The second-order valence-electron chi connectivity index (χ2n) is 6.31. The smallest absolute Gasteiger partial charge is 0.414 e. The molecule has 1 fully saturated rings. The predicted octanol–water partition coefficient (Wildman–Crippen LogP) is 0.945. The van der Waals surface area contributed by atoms with Crippen molar-refractivity contribution in [1.82, 2.24) is 10.2 Å². The van der Waals surface area contributed by atoms with Gasteiger partial charge in [0.2, 0.25) is 5.91 Å². The summed E-state index contributed by atoms with van der Waals surface area (Å²) in [6.45, 7) is 11.8. The molecule has 0 aromatic carbocycles. The Bertz CT molecular complexity index is 399. The van der Waals surface area contributed by atoms with Crippen LogP contribution in [-0.2, 0) is 19.1 Å². The summed E-state index contributed by atoms with van der Waals surface area (Å²) in [7, 11) is 0. The van der Waals surface area contributed by atoms with Crippen LogP contribution in [0, 0.1) is 0 Å². The number of aliphatic carboxylic acids is 2. The highest BCUT2D eigenvalue weighted by Gasteiger charge is 2.25. The summed E-state index contributed by atoms with van der Waals surface area (Å²) in [5, 5.41) is 18.1. The molecule has 1 aliphatic heterocycles. The normalized spacial score (nSPS) is 18.0. The lowest BCUT2D eigenvalue weighted by Gasteiger charge is -2.33. The number of carbonyl (C=O) groups excluding carboxylic acids is 1. The van der Waals surface area contributed by atoms with Crippen molar-refractivity contribution < 1.29 is 29.3 Å². The molecule has 0 aromatic heterocycles. The van der Waals surface area contributed by atoms with Gasteiger partial charge in [-0.15, -0.1) is 0 Å². The van der Waals surface area contributed by atoms with Gasteiger partial charge < -0.3 is 25.2 Å². The molecule has 2 atom stereocenters. The standard InChI is InChI=1S/C14H28N2O2.C2H2O4/c1-10(2)16(11(3)4)14(17)12(5)15-9-13-7-6-8-18-13;3-1(4)2(5)6/h10-13,15H,6-9H2,1-5H3;(H,3,4)(H,5,6). The highest BCUT2D eigenvalue weighted by Crippen LogP contribution is 2.12. The highest BCUT2D eigenvalue weighted by molar-refractivity contribution is 6.27. The second kappa shape index (κ2) is 11.0. The van der Waals surface area contributed by atoms with Crippen LogP contribution in [0.5, 0.6) is 0 Å². The van der Waals surface area contributed by atoms with Crippen LogP contribution in [0.25, 0.3) is 0 Å². The first-order valence-electron chi connectivity index (χ1n) is 8.21. The van der Waals surface area contributed by atoms with Gasteiger partial charge in [0.05, 0.1) is 12.1 Å². The number of nitrogens with one attached hydrogen (secondary N) is 1. The van der Waals surface area contributed by atoms with E-state index in [9.17, 15) is 4.79 Å². The Morgan fingerprint density at radius 1 is 1.08 bits per heavy atom. The van der Waals surface area contributed by atoms with Crippen molar-refractivity contribution >= 4 is 17.8 Å². The fourth-order valence-electron chi connectivity index (χ4n) is 2.53. The quantitative estimate of drug-likeness (QED) is 0.613. The Hall–Kier alpha value is -1.67. The number of hydrogen-bond donors (Lipinski definition) is 3. The van der Waals surface area contributed by atoms with Gasteiger partial charge in [0, 0.05) is 25.2 Å². The fraction of sp³-hybridized carbons (Fsp3) is 0.812. The van der Waals surface area contributed by atoms with Crippen LogP contribution >= 0.6 is 0 Å². The summed E-state index contributed by atoms with van der Waals surface area (Å²) >= 11 is 0. The Kier molecular flexibility index (Phi) is 10.2. The van der Waals surface area contributed by atoms with Gasteiger partial charge in [-0.25, -0.2) is 9.59 Å². The zero-order valence-corrected chi connectivity index (χ0v) is 15.1. The minimum atomic E-state index is -1.82. The van der Waals surface area contributed by atoms with Crippen LogP contribution in [-0.4, -0.2) is 70.3 Å². The maximum absolute atomic E-state index is 12.4. The third-order valence-corrected chi connectivity index (χ3v) is 3.60. The van der Waals surface area contributed by atoms with Gasteiger partial charge in [-0.3, -0.25) is 4.79 Å². The molecule has 140 valence electrons. The van der Waals surface area contributed by atoms with Gasteiger partial charge in [0.25, 0.3) is 0 Å². The molecule has 1 rings (SSSR count). The molecule has 1 heterocycles. The zero-order chi connectivity index (χ0) is 18.9. The van der Waals surface area contributed by atoms with E-state index >= 15 is 0 Å². The molecule has 0 saturated carbocycles. The number of rotatable bonds is 6.